The van der Waals surface area contributed by atoms with Gasteiger partial charge in [-0.15, -0.1) is 0 Å². The normalized spacial score (nSPS) is 15.1. The van der Waals surface area contributed by atoms with Crippen LogP contribution in [-0.4, -0.2) is 24.4 Å². The van der Waals surface area contributed by atoms with Crippen molar-refractivity contribution in [1.29, 1.82) is 0 Å². The van der Waals surface area contributed by atoms with Crippen LogP contribution in [0.4, 0.5) is 4.39 Å². The molecule has 2 aromatic carbocycles. The van der Waals surface area contributed by atoms with Crippen LogP contribution < -0.4 is 5.32 Å². The third-order valence-corrected chi connectivity index (χ3v) is 4.87. The van der Waals surface area contributed by atoms with Crippen LogP contribution in [0.3, 0.4) is 0 Å². The number of esters is 1. The van der Waals surface area contributed by atoms with E-state index in [0.717, 1.165) is 12.8 Å². The van der Waals surface area contributed by atoms with Crippen molar-refractivity contribution >= 4 is 17.8 Å². The molecular formula is C21H20FNO4. The van der Waals surface area contributed by atoms with Crippen LogP contribution >= 0.6 is 0 Å². The minimum absolute atomic E-state index is 0.343. The molecule has 0 aromatic heterocycles. The van der Waals surface area contributed by atoms with E-state index in [0.29, 0.717) is 24.0 Å². The molecule has 6 heteroatoms. The summed E-state index contributed by atoms with van der Waals surface area (Å²) in [5.41, 5.74) is 0.167. The summed E-state index contributed by atoms with van der Waals surface area (Å²) in [6, 6.07) is 14.1. The molecule has 1 fully saturated rings. The number of ether oxygens (including phenoxy) is 1. The average Bonchev–Trinajstić information content (AvgIpc) is 3.18. The topological polar surface area (TPSA) is 72.5 Å². The first-order chi connectivity index (χ1) is 13.0. The zero-order valence-electron chi connectivity index (χ0n) is 14.7. The fourth-order valence-corrected chi connectivity index (χ4v) is 3.45. The maximum absolute atomic E-state index is 13.2. The molecule has 1 saturated carbocycles. The number of halogens is 1. The second kappa shape index (κ2) is 8.12. The van der Waals surface area contributed by atoms with Crippen molar-refractivity contribution in [3.8, 4) is 0 Å². The minimum atomic E-state index is -0.864. The number of rotatable bonds is 5. The van der Waals surface area contributed by atoms with Crippen LogP contribution in [0.2, 0.25) is 0 Å². The smallest absolute Gasteiger partial charge is 0.317 e. The van der Waals surface area contributed by atoms with E-state index in [2.05, 4.69) is 5.32 Å². The van der Waals surface area contributed by atoms with Gasteiger partial charge in [-0.05, 0) is 42.7 Å². The number of carbonyl (C=O) groups is 3. The number of amides is 2. The van der Waals surface area contributed by atoms with Gasteiger partial charge in [-0.1, -0.05) is 43.2 Å². The molecule has 1 N–H and O–H groups in total. The molecule has 0 bridgehead atoms. The second-order valence-electron chi connectivity index (χ2n) is 6.62. The molecule has 0 spiro atoms. The zero-order chi connectivity index (χ0) is 19.3. The monoisotopic (exact) mass is 369 g/mol. The number of hydrogen-bond donors (Lipinski definition) is 1. The van der Waals surface area contributed by atoms with Gasteiger partial charge in [0.2, 0.25) is 0 Å². The van der Waals surface area contributed by atoms with Crippen molar-refractivity contribution in [2.24, 2.45) is 0 Å². The number of imide groups is 1. The molecule has 0 radical (unpaired) electrons. The summed E-state index contributed by atoms with van der Waals surface area (Å²) in [5, 5.41) is 2.20. The molecule has 0 atom stereocenters. The molecule has 1 aliphatic carbocycles. The van der Waals surface area contributed by atoms with Crippen molar-refractivity contribution in [2.75, 3.05) is 6.61 Å². The predicted molar refractivity (Wildman–Crippen MR) is 96.4 cm³/mol. The van der Waals surface area contributed by atoms with E-state index < -0.39 is 29.8 Å². The number of nitrogens with one attached hydrogen (secondary N) is 1. The van der Waals surface area contributed by atoms with Crippen molar-refractivity contribution in [3.05, 3.63) is 71.5 Å². The van der Waals surface area contributed by atoms with E-state index in [4.69, 9.17) is 4.74 Å². The molecule has 2 amide bonds. The van der Waals surface area contributed by atoms with Gasteiger partial charge in [-0.3, -0.25) is 19.7 Å². The van der Waals surface area contributed by atoms with Crippen LogP contribution in [0, 0.1) is 5.82 Å². The predicted octanol–water partition coefficient (Wildman–Crippen LogP) is 3.14. The Labute approximate surface area is 156 Å². The summed E-state index contributed by atoms with van der Waals surface area (Å²) in [4.78, 5) is 36.7. The van der Waals surface area contributed by atoms with Gasteiger partial charge in [-0.25, -0.2) is 4.39 Å². The van der Waals surface area contributed by atoms with Gasteiger partial charge in [0.15, 0.2) is 6.61 Å². The first-order valence-electron chi connectivity index (χ1n) is 8.84. The van der Waals surface area contributed by atoms with Crippen molar-refractivity contribution < 1.29 is 23.5 Å². The molecule has 0 heterocycles. The Kier molecular flexibility index (Phi) is 5.64. The fourth-order valence-electron chi connectivity index (χ4n) is 3.45. The highest BCUT2D eigenvalue weighted by molar-refractivity contribution is 6.05. The number of carbonyl (C=O) groups excluding carboxylic acids is 3. The summed E-state index contributed by atoms with van der Waals surface area (Å²) in [6.07, 6.45) is 2.88. The third kappa shape index (κ3) is 4.22. The Morgan fingerprint density at radius 3 is 2.22 bits per heavy atom. The Morgan fingerprint density at radius 1 is 0.963 bits per heavy atom. The molecule has 1 aliphatic rings. The van der Waals surface area contributed by atoms with Crippen LogP contribution in [0.5, 0.6) is 0 Å². The van der Waals surface area contributed by atoms with Gasteiger partial charge in [-0.2, -0.15) is 0 Å². The van der Waals surface area contributed by atoms with Crippen LogP contribution in [0.1, 0.15) is 41.6 Å². The lowest BCUT2D eigenvalue weighted by Crippen LogP contribution is -2.39. The van der Waals surface area contributed by atoms with Gasteiger partial charge in [0.05, 0.1) is 5.41 Å². The van der Waals surface area contributed by atoms with Gasteiger partial charge in [0, 0.05) is 5.56 Å². The van der Waals surface area contributed by atoms with Crippen LogP contribution in [0.15, 0.2) is 54.6 Å². The van der Waals surface area contributed by atoms with Crippen molar-refractivity contribution in [1.82, 2.24) is 5.32 Å². The Morgan fingerprint density at radius 2 is 1.59 bits per heavy atom. The van der Waals surface area contributed by atoms with Gasteiger partial charge in [0.25, 0.3) is 11.8 Å². The SMILES string of the molecule is O=C(COC(=O)C1(c2ccc(F)cc2)CCCC1)NC(=O)c1ccccc1. The van der Waals surface area contributed by atoms with Crippen molar-refractivity contribution in [3.63, 3.8) is 0 Å². The average molecular weight is 369 g/mol. The molecule has 0 unspecified atom stereocenters. The van der Waals surface area contributed by atoms with Gasteiger partial charge >= 0.3 is 5.97 Å². The van der Waals surface area contributed by atoms with E-state index in [1.54, 1.807) is 42.5 Å². The maximum Gasteiger partial charge on any atom is 0.317 e. The Bertz CT molecular complexity index is 827. The number of hydrogen-bond acceptors (Lipinski definition) is 4. The minimum Gasteiger partial charge on any atom is -0.455 e. The molecule has 3 rings (SSSR count). The number of benzene rings is 2. The largest absolute Gasteiger partial charge is 0.455 e. The highest BCUT2D eigenvalue weighted by Crippen LogP contribution is 2.42. The van der Waals surface area contributed by atoms with E-state index in [1.807, 2.05) is 0 Å². The zero-order valence-corrected chi connectivity index (χ0v) is 14.7. The molecule has 140 valence electrons. The summed E-state index contributed by atoms with van der Waals surface area (Å²) in [7, 11) is 0. The first-order valence-corrected chi connectivity index (χ1v) is 8.84. The summed E-state index contributed by atoms with van der Waals surface area (Å²) >= 11 is 0. The summed E-state index contributed by atoms with van der Waals surface area (Å²) < 4.78 is 18.4. The van der Waals surface area contributed by atoms with Crippen molar-refractivity contribution in [2.45, 2.75) is 31.1 Å². The quantitative estimate of drug-likeness (QED) is 0.822. The molecule has 27 heavy (non-hydrogen) atoms. The molecule has 0 saturated heterocycles. The van der Waals surface area contributed by atoms with Crippen LogP contribution in [0.25, 0.3) is 0 Å². The maximum atomic E-state index is 13.2. The Hall–Kier alpha value is -3.02. The van der Waals surface area contributed by atoms with E-state index in [9.17, 15) is 18.8 Å². The molecule has 2 aromatic rings. The lowest BCUT2D eigenvalue weighted by atomic mass is 9.79. The molecule has 0 aliphatic heterocycles. The molecule has 5 nitrogen and oxygen atoms in total. The lowest BCUT2D eigenvalue weighted by Gasteiger charge is -2.27. The summed E-state index contributed by atoms with van der Waals surface area (Å²) in [6.45, 7) is -0.541. The van der Waals surface area contributed by atoms with Gasteiger partial charge < -0.3 is 4.74 Å². The van der Waals surface area contributed by atoms with Gasteiger partial charge in [0.1, 0.15) is 5.82 Å². The second-order valence-corrected chi connectivity index (χ2v) is 6.62. The standard InChI is InChI=1S/C21H20FNO4/c22-17-10-8-16(9-11-17)21(12-4-5-13-21)20(26)27-14-18(24)23-19(25)15-6-2-1-3-7-15/h1-3,6-11H,4-5,12-14H2,(H,23,24,25). The third-order valence-electron chi connectivity index (χ3n) is 4.87. The molecular weight excluding hydrogens is 349 g/mol. The highest BCUT2D eigenvalue weighted by Gasteiger charge is 2.44. The van der Waals surface area contributed by atoms with E-state index in [-0.39, 0.29) is 5.82 Å². The van der Waals surface area contributed by atoms with E-state index >= 15 is 0 Å². The van der Waals surface area contributed by atoms with E-state index in [1.165, 1.54) is 12.1 Å². The lowest BCUT2D eigenvalue weighted by molar-refractivity contribution is -0.154. The fraction of sp³-hybridized carbons (Fsp3) is 0.286. The first kappa shape index (κ1) is 18.8. The van der Waals surface area contributed by atoms with Crippen LogP contribution in [-0.2, 0) is 19.7 Å². The summed E-state index contributed by atoms with van der Waals surface area (Å²) in [5.74, 6) is -2.14. The highest BCUT2D eigenvalue weighted by atomic mass is 19.1. The Balaban J connectivity index is 1.62.